The highest BCUT2D eigenvalue weighted by Gasteiger charge is 2.52. The van der Waals surface area contributed by atoms with Crippen LogP contribution in [0.1, 0.15) is 42.6 Å². The topological polar surface area (TPSA) is 74.9 Å². The molecule has 5 rings (SSSR count). The lowest BCUT2D eigenvalue weighted by atomic mass is 9.88. The summed E-state index contributed by atoms with van der Waals surface area (Å²) in [6, 6.07) is 12.6. The van der Waals surface area contributed by atoms with Crippen molar-refractivity contribution in [1.29, 1.82) is 0 Å². The second-order valence-corrected chi connectivity index (χ2v) is 8.33. The molecule has 1 aromatic heterocycles. The van der Waals surface area contributed by atoms with Crippen molar-refractivity contribution in [2.45, 2.75) is 38.3 Å². The van der Waals surface area contributed by atoms with E-state index in [0.717, 1.165) is 40.6 Å². The molecular formula is C25H27N3O4. The minimum Gasteiger partial charge on any atom is -0.493 e. The van der Waals surface area contributed by atoms with Crippen molar-refractivity contribution < 1.29 is 19.1 Å². The molecule has 3 amide bonds. The number of unbranched alkanes of at least 4 members (excludes halogenated alkanes) is 1. The Bertz CT molecular complexity index is 1200. The quantitative estimate of drug-likeness (QED) is 0.590. The zero-order chi connectivity index (χ0) is 22.4. The average molecular weight is 434 g/mol. The maximum atomic E-state index is 13.5. The van der Waals surface area contributed by atoms with E-state index in [1.807, 2.05) is 36.4 Å². The summed E-state index contributed by atoms with van der Waals surface area (Å²) in [7, 11) is 3.19. The highest BCUT2D eigenvalue weighted by molar-refractivity contribution is 6.05. The van der Waals surface area contributed by atoms with Crippen molar-refractivity contribution >= 4 is 22.8 Å². The first-order valence-electron chi connectivity index (χ1n) is 11.0. The van der Waals surface area contributed by atoms with Crippen LogP contribution >= 0.6 is 0 Å². The summed E-state index contributed by atoms with van der Waals surface area (Å²) in [6.07, 6.45) is 2.23. The van der Waals surface area contributed by atoms with Gasteiger partial charge < -0.3 is 14.5 Å². The predicted molar refractivity (Wildman–Crippen MR) is 121 cm³/mol. The molecule has 2 aliphatic heterocycles. The van der Waals surface area contributed by atoms with Crippen molar-refractivity contribution in [3.8, 4) is 11.5 Å². The lowest BCUT2D eigenvalue weighted by molar-refractivity contribution is -0.128. The first-order valence-corrected chi connectivity index (χ1v) is 11.0. The van der Waals surface area contributed by atoms with Gasteiger partial charge in [-0.05, 0) is 35.7 Å². The highest BCUT2D eigenvalue weighted by Crippen LogP contribution is 2.45. The molecular weight excluding hydrogens is 406 g/mol. The molecule has 0 spiro atoms. The molecule has 2 unspecified atom stereocenters. The summed E-state index contributed by atoms with van der Waals surface area (Å²) < 4.78 is 10.9. The van der Waals surface area contributed by atoms with Crippen LogP contribution < -0.4 is 9.47 Å². The number of rotatable bonds is 6. The lowest BCUT2D eigenvalue weighted by Gasteiger charge is -2.36. The number of amides is 3. The third kappa shape index (κ3) is 2.95. The van der Waals surface area contributed by atoms with Crippen LogP contribution in [0.25, 0.3) is 10.9 Å². The van der Waals surface area contributed by atoms with Gasteiger partial charge in [0.15, 0.2) is 11.5 Å². The predicted octanol–water partition coefficient (Wildman–Crippen LogP) is 4.26. The number of nitrogens with one attached hydrogen (secondary N) is 1. The van der Waals surface area contributed by atoms with Gasteiger partial charge in [0, 0.05) is 29.6 Å². The SMILES string of the molecule is CCCCN1C(=O)C2Cc3c([nH]c4ccccc34)C(c3ccc(OC)c(OC)c3)N2C1=O. The summed E-state index contributed by atoms with van der Waals surface area (Å²) in [5.41, 5.74) is 3.93. The Kier molecular flexibility index (Phi) is 5.04. The van der Waals surface area contributed by atoms with Gasteiger partial charge in [-0.1, -0.05) is 37.6 Å². The summed E-state index contributed by atoms with van der Waals surface area (Å²) in [4.78, 5) is 33.6. The van der Waals surface area contributed by atoms with Gasteiger partial charge in [-0.2, -0.15) is 0 Å². The number of H-pyrrole nitrogens is 1. The van der Waals surface area contributed by atoms with Crippen molar-refractivity contribution in [1.82, 2.24) is 14.8 Å². The first kappa shape index (κ1) is 20.4. The lowest BCUT2D eigenvalue weighted by Crippen LogP contribution is -2.44. The van der Waals surface area contributed by atoms with Gasteiger partial charge in [0.05, 0.1) is 14.2 Å². The Morgan fingerprint density at radius 3 is 2.59 bits per heavy atom. The first-order chi connectivity index (χ1) is 15.6. The number of aromatic amines is 1. The summed E-state index contributed by atoms with van der Waals surface area (Å²) in [5, 5.41) is 1.10. The number of ether oxygens (including phenoxy) is 2. The molecule has 0 aliphatic carbocycles. The number of nitrogens with zero attached hydrogens (tertiary/aromatic N) is 2. The number of benzene rings is 2. The van der Waals surface area contributed by atoms with E-state index in [1.54, 1.807) is 19.1 Å². The molecule has 3 aromatic rings. The number of para-hydroxylation sites is 1. The number of hydrogen-bond donors (Lipinski definition) is 1. The third-order valence-corrected chi connectivity index (χ3v) is 6.59. The molecule has 0 saturated carbocycles. The molecule has 1 saturated heterocycles. The second-order valence-electron chi connectivity index (χ2n) is 8.33. The minimum atomic E-state index is -0.510. The molecule has 1 N–H and O–H groups in total. The van der Waals surface area contributed by atoms with Crippen molar-refractivity contribution in [3.05, 3.63) is 59.3 Å². The van der Waals surface area contributed by atoms with E-state index in [0.29, 0.717) is 24.5 Å². The van der Waals surface area contributed by atoms with Crippen LogP contribution in [0.3, 0.4) is 0 Å². The van der Waals surface area contributed by atoms with E-state index < -0.39 is 12.1 Å². The van der Waals surface area contributed by atoms with Crippen LogP contribution in [0.4, 0.5) is 4.79 Å². The van der Waals surface area contributed by atoms with Crippen molar-refractivity contribution in [3.63, 3.8) is 0 Å². The van der Waals surface area contributed by atoms with E-state index in [9.17, 15) is 9.59 Å². The van der Waals surface area contributed by atoms with E-state index in [2.05, 4.69) is 18.0 Å². The summed E-state index contributed by atoms with van der Waals surface area (Å²) in [5.74, 6) is 1.10. The van der Waals surface area contributed by atoms with Gasteiger partial charge in [0.25, 0.3) is 5.91 Å². The van der Waals surface area contributed by atoms with Gasteiger partial charge >= 0.3 is 6.03 Å². The monoisotopic (exact) mass is 433 g/mol. The second kappa shape index (κ2) is 7.89. The fourth-order valence-corrected chi connectivity index (χ4v) is 5.02. The number of imide groups is 1. The standard InChI is InChI=1S/C25H27N3O4/c1-4-5-12-27-24(29)19-14-17-16-8-6-7-9-18(16)26-22(17)23(28(19)25(27)30)15-10-11-20(31-2)21(13-15)32-3/h6-11,13,19,23,26H,4-5,12,14H2,1-3H3. The average Bonchev–Trinajstić information content (AvgIpc) is 3.31. The zero-order valence-electron chi connectivity index (χ0n) is 18.6. The summed E-state index contributed by atoms with van der Waals surface area (Å²) in [6.45, 7) is 2.51. The van der Waals surface area contributed by atoms with Gasteiger partial charge in [0.1, 0.15) is 12.1 Å². The van der Waals surface area contributed by atoms with Crippen LogP contribution in [0, 0.1) is 0 Å². The van der Waals surface area contributed by atoms with Crippen LogP contribution in [-0.4, -0.2) is 53.5 Å². The third-order valence-electron chi connectivity index (χ3n) is 6.59. The maximum Gasteiger partial charge on any atom is 0.328 e. The van der Waals surface area contributed by atoms with Gasteiger partial charge in [-0.25, -0.2) is 4.79 Å². The molecule has 166 valence electrons. The van der Waals surface area contributed by atoms with Crippen LogP contribution in [0.15, 0.2) is 42.5 Å². The number of aromatic nitrogens is 1. The van der Waals surface area contributed by atoms with Gasteiger partial charge in [-0.15, -0.1) is 0 Å². The Morgan fingerprint density at radius 1 is 1.06 bits per heavy atom. The zero-order valence-corrected chi connectivity index (χ0v) is 18.6. The van der Waals surface area contributed by atoms with E-state index in [-0.39, 0.29) is 11.9 Å². The number of hydrogen-bond acceptors (Lipinski definition) is 4. The minimum absolute atomic E-state index is 0.107. The Balaban J connectivity index is 1.69. The number of carbonyl (C=O) groups excluding carboxylic acids is 2. The summed E-state index contributed by atoms with van der Waals surface area (Å²) >= 11 is 0. The molecule has 7 nitrogen and oxygen atoms in total. The number of urea groups is 1. The largest absolute Gasteiger partial charge is 0.493 e. The molecule has 3 heterocycles. The smallest absolute Gasteiger partial charge is 0.328 e. The number of carbonyl (C=O) groups is 2. The van der Waals surface area contributed by atoms with Gasteiger partial charge in [-0.3, -0.25) is 14.6 Å². The van der Waals surface area contributed by atoms with Gasteiger partial charge in [0.2, 0.25) is 0 Å². The molecule has 7 heteroatoms. The fraction of sp³-hybridized carbons (Fsp3) is 0.360. The molecule has 1 fully saturated rings. The molecule has 2 aliphatic rings. The highest BCUT2D eigenvalue weighted by atomic mass is 16.5. The van der Waals surface area contributed by atoms with Crippen molar-refractivity contribution in [2.75, 3.05) is 20.8 Å². The van der Waals surface area contributed by atoms with Crippen LogP contribution in [-0.2, 0) is 11.2 Å². The van der Waals surface area contributed by atoms with E-state index >= 15 is 0 Å². The molecule has 0 bridgehead atoms. The number of methoxy groups -OCH3 is 2. The molecule has 32 heavy (non-hydrogen) atoms. The Morgan fingerprint density at radius 2 is 1.84 bits per heavy atom. The fourth-order valence-electron chi connectivity index (χ4n) is 5.02. The normalized spacial score (nSPS) is 20.0. The van der Waals surface area contributed by atoms with Crippen LogP contribution in [0.5, 0.6) is 11.5 Å². The molecule has 2 atom stereocenters. The maximum absolute atomic E-state index is 13.5. The van der Waals surface area contributed by atoms with Crippen LogP contribution in [0.2, 0.25) is 0 Å². The van der Waals surface area contributed by atoms with Crippen molar-refractivity contribution in [2.24, 2.45) is 0 Å². The Labute approximate surface area is 186 Å². The van der Waals surface area contributed by atoms with E-state index in [4.69, 9.17) is 9.47 Å². The number of fused-ring (bicyclic) bond motifs is 4. The van der Waals surface area contributed by atoms with E-state index in [1.165, 1.54) is 4.90 Å². The molecule has 0 radical (unpaired) electrons. The Hall–Kier alpha value is -3.48. The molecule has 2 aromatic carbocycles.